The van der Waals surface area contributed by atoms with Crippen molar-refractivity contribution >= 4 is 39.2 Å². The summed E-state index contributed by atoms with van der Waals surface area (Å²) in [6.45, 7) is 4.13. The Bertz CT molecular complexity index is 1130. The predicted octanol–water partition coefficient (Wildman–Crippen LogP) is 2.04. The zero-order valence-corrected chi connectivity index (χ0v) is 14.3. The van der Waals surface area contributed by atoms with Crippen molar-refractivity contribution in [3.05, 3.63) is 50.8 Å². The number of nitrogens with zero attached hydrogens (tertiary/aromatic N) is 2. The molecule has 0 saturated carbocycles. The summed E-state index contributed by atoms with van der Waals surface area (Å²) < 4.78 is 2.17. The Balaban J connectivity index is 1.95. The van der Waals surface area contributed by atoms with Crippen molar-refractivity contribution in [1.82, 2.24) is 14.9 Å². The smallest absolute Gasteiger partial charge is 0.262 e. The largest absolute Gasteiger partial charge is 0.384 e. The van der Waals surface area contributed by atoms with Gasteiger partial charge in [-0.05, 0) is 18.2 Å². The molecule has 25 heavy (non-hydrogen) atoms. The van der Waals surface area contributed by atoms with Gasteiger partial charge >= 0.3 is 0 Å². The Labute approximate surface area is 146 Å². The molecule has 1 aliphatic heterocycles. The van der Waals surface area contributed by atoms with Crippen LogP contribution in [-0.4, -0.2) is 21.4 Å². The van der Waals surface area contributed by atoms with Gasteiger partial charge in [-0.25, -0.2) is 4.98 Å². The molecule has 0 spiro atoms. The van der Waals surface area contributed by atoms with Gasteiger partial charge in [0.2, 0.25) is 0 Å². The average Bonchev–Trinajstić information content (AvgIpc) is 3.08. The van der Waals surface area contributed by atoms with Gasteiger partial charge in [0.15, 0.2) is 0 Å². The molecule has 1 aliphatic rings. The van der Waals surface area contributed by atoms with Gasteiger partial charge in [-0.1, -0.05) is 13.8 Å². The van der Waals surface area contributed by atoms with E-state index < -0.39 is 17.4 Å². The fraction of sp³-hybridized carbons (Fsp3) is 0.176. The SMILES string of the molecule is CC(C)c1nc2ccc(-n3c(N)c4c(cc3=O)C(=O)NC4=O)cc2s1. The third-order valence-corrected chi connectivity index (χ3v) is 5.41. The molecule has 0 fully saturated rings. The van der Waals surface area contributed by atoms with E-state index in [0.29, 0.717) is 11.6 Å². The van der Waals surface area contributed by atoms with Gasteiger partial charge in [0.05, 0.1) is 32.0 Å². The second kappa shape index (κ2) is 5.25. The van der Waals surface area contributed by atoms with Gasteiger partial charge in [0, 0.05) is 12.0 Å². The van der Waals surface area contributed by atoms with Crippen LogP contribution in [0.1, 0.15) is 45.5 Å². The summed E-state index contributed by atoms with van der Waals surface area (Å²) in [6, 6.07) is 6.50. The molecule has 3 N–H and O–H groups in total. The second-order valence-corrected chi connectivity index (χ2v) is 7.20. The molecule has 0 radical (unpaired) electrons. The summed E-state index contributed by atoms with van der Waals surface area (Å²) >= 11 is 1.55. The van der Waals surface area contributed by atoms with Crippen LogP contribution in [0.15, 0.2) is 29.1 Å². The first-order valence-corrected chi connectivity index (χ1v) is 8.50. The summed E-state index contributed by atoms with van der Waals surface area (Å²) in [7, 11) is 0. The van der Waals surface area contributed by atoms with Crippen molar-refractivity contribution in [1.29, 1.82) is 0 Å². The summed E-state index contributed by atoms with van der Waals surface area (Å²) in [5.74, 6) is -0.926. The number of fused-ring (bicyclic) bond motifs is 2. The third-order valence-electron chi connectivity index (χ3n) is 4.09. The van der Waals surface area contributed by atoms with Crippen molar-refractivity contribution in [2.24, 2.45) is 0 Å². The molecule has 8 heteroatoms. The zero-order chi connectivity index (χ0) is 17.9. The number of amides is 2. The molecule has 2 amide bonds. The van der Waals surface area contributed by atoms with Gasteiger partial charge in [0.25, 0.3) is 17.4 Å². The number of carbonyl (C=O) groups is 2. The maximum absolute atomic E-state index is 12.5. The molecular weight excluding hydrogens is 340 g/mol. The van der Waals surface area contributed by atoms with E-state index >= 15 is 0 Å². The lowest BCUT2D eigenvalue weighted by atomic mass is 10.1. The zero-order valence-electron chi connectivity index (χ0n) is 13.5. The van der Waals surface area contributed by atoms with Gasteiger partial charge in [-0.2, -0.15) is 0 Å². The molecule has 0 aliphatic carbocycles. The predicted molar refractivity (Wildman–Crippen MR) is 95.5 cm³/mol. The van der Waals surface area contributed by atoms with E-state index in [4.69, 9.17) is 5.73 Å². The van der Waals surface area contributed by atoms with Crippen LogP contribution >= 0.6 is 11.3 Å². The molecule has 2 aromatic heterocycles. The quantitative estimate of drug-likeness (QED) is 0.685. The number of nitrogens with one attached hydrogen (secondary N) is 1. The van der Waals surface area contributed by atoms with Crippen LogP contribution in [-0.2, 0) is 0 Å². The van der Waals surface area contributed by atoms with Crippen molar-refractivity contribution in [2.75, 3.05) is 5.73 Å². The van der Waals surface area contributed by atoms with E-state index in [9.17, 15) is 14.4 Å². The number of carbonyl (C=O) groups excluding carboxylic acids is 2. The van der Waals surface area contributed by atoms with Crippen LogP contribution in [0.4, 0.5) is 5.82 Å². The number of rotatable bonds is 2. The van der Waals surface area contributed by atoms with E-state index in [1.807, 2.05) is 12.1 Å². The molecule has 126 valence electrons. The Kier molecular flexibility index (Phi) is 3.26. The maximum atomic E-state index is 12.5. The first kappa shape index (κ1) is 15.5. The molecule has 4 rings (SSSR count). The first-order chi connectivity index (χ1) is 11.9. The number of pyridine rings is 1. The molecular formula is C17H14N4O3S. The lowest BCUT2D eigenvalue weighted by Crippen LogP contribution is -2.24. The average molecular weight is 354 g/mol. The molecule has 0 saturated heterocycles. The Morgan fingerprint density at radius 3 is 2.64 bits per heavy atom. The number of imide groups is 1. The number of anilines is 1. The number of aromatic nitrogens is 2. The Hall–Kier alpha value is -3.00. The molecule has 0 unspecified atom stereocenters. The van der Waals surface area contributed by atoms with E-state index in [0.717, 1.165) is 21.3 Å². The number of nitrogen functional groups attached to an aromatic ring is 1. The van der Waals surface area contributed by atoms with E-state index in [2.05, 4.69) is 24.1 Å². The molecule has 3 heterocycles. The van der Waals surface area contributed by atoms with Gasteiger partial charge in [-0.15, -0.1) is 11.3 Å². The molecule has 0 atom stereocenters. The molecule has 1 aromatic carbocycles. The summed E-state index contributed by atoms with van der Waals surface area (Å²) in [5, 5.41) is 3.16. The fourth-order valence-corrected chi connectivity index (χ4v) is 3.87. The topological polar surface area (TPSA) is 107 Å². The minimum Gasteiger partial charge on any atom is -0.384 e. The summed E-state index contributed by atoms with van der Waals surface area (Å²) in [5.41, 5.74) is 7.03. The fourth-order valence-electron chi connectivity index (χ4n) is 2.86. The third kappa shape index (κ3) is 2.25. The van der Waals surface area contributed by atoms with Crippen molar-refractivity contribution in [3.8, 4) is 5.69 Å². The number of thiazole rings is 1. The Morgan fingerprint density at radius 1 is 1.16 bits per heavy atom. The van der Waals surface area contributed by atoms with Crippen LogP contribution in [0.2, 0.25) is 0 Å². The lowest BCUT2D eigenvalue weighted by Gasteiger charge is -2.11. The van der Waals surface area contributed by atoms with Crippen LogP contribution < -0.4 is 16.6 Å². The van der Waals surface area contributed by atoms with Gasteiger partial charge in [0.1, 0.15) is 5.82 Å². The van der Waals surface area contributed by atoms with Crippen LogP contribution in [0.3, 0.4) is 0 Å². The van der Waals surface area contributed by atoms with Crippen LogP contribution in [0, 0.1) is 0 Å². The van der Waals surface area contributed by atoms with Crippen LogP contribution in [0.5, 0.6) is 0 Å². The standard InChI is InChI=1S/C17H14N4O3S/c1-7(2)17-19-10-4-3-8(5-11(10)25-17)21-12(22)6-9-13(14(21)18)16(24)20-15(9)23/h3-7H,18H2,1-2H3,(H,20,23,24). The number of hydrogen-bond acceptors (Lipinski definition) is 6. The van der Waals surface area contributed by atoms with Gasteiger partial charge in [-0.3, -0.25) is 24.3 Å². The Morgan fingerprint density at radius 2 is 1.92 bits per heavy atom. The first-order valence-electron chi connectivity index (χ1n) is 7.69. The van der Waals surface area contributed by atoms with Crippen molar-refractivity contribution in [3.63, 3.8) is 0 Å². The number of hydrogen-bond donors (Lipinski definition) is 2. The molecule has 3 aromatic rings. The van der Waals surface area contributed by atoms with Crippen molar-refractivity contribution < 1.29 is 9.59 Å². The van der Waals surface area contributed by atoms with E-state index in [1.54, 1.807) is 17.4 Å². The monoisotopic (exact) mass is 354 g/mol. The normalized spacial score (nSPS) is 13.6. The highest BCUT2D eigenvalue weighted by Crippen LogP contribution is 2.30. The highest BCUT2D eigenvalue weighted by atomic mass is 32.1. The summed E-state index contributed by atoms with van der Waals surface area (Å²) in [4.78, 5) is 40.7. The van der Waals surface area contributed by atoms with Crippen LogP contribution in [0.25, 0.3) is 15.9 Å². The minimum atomic E-state index is -0.601. The van der Waals surface area contributed by atoms with Crippen molar-refractivity contribution in [2.45, 2.75) is 19.8 Å². The summed E-state index contributed by atoms with van der Waals surface area (Å²) in [6.07, 6.45) is 0. The number of benzene rings is 1. The van der Waals surface area contributed by atoms with Gasteiger partial charge < -0.3 is 5.73 Å². The van der Waals surface area contributed by atoms with E-state index in [1.165, 1.54) is 4.57 Å². The highest BCUT2D eigenvalue weighted by Gasteiger charge is 2.31. The highest BCUT2D eigenvalue weighted by molar-refractivity contribution is 7.18. The molecule has 7 nitrogen and oxygen atoms in total. The second-order valence-electron chi connectivity index (χ2n) is 6.13. The van der Waals surface area contributed by atoms with E-state index in [-0.39, 0.29) is 16.9 Å². The number of nitrogens with two attached hydrogens (primary N) is 1. The lowest BCUT2D eigenvalue weighted by molar-refractivity contribution is 0.0880. The molecule has 0 bridgehead atoms. The maximum Gasteiger partial charge on any atom is 0.262 e. The minimum absolute atomic E-state index is 0.0183.